The molecule has 2 aromatic rings. The van der Waals surface area contributed by atoms with Gasteiger partial charge in [0, 0.05) is 24.4 Å². The number of methoxy groups -OCH3 is 1. The second-order valence-electron chi connectivity index (χ2n) is 5.56. The van der Waals surface area contributed by atoms with E-state index in [1.54, 1.807) is 36.7 Å². The van der Waals surface area contributed by atoms with E-state index >= 15 is 0 Å². The Bertz CT molecular complexity index is 736. The first-order valence-electron chi connectivity index (χ1n) is 8.13. The number of nitrogens with zero attached hydrogens (tertiary/aromatic N) is 1. The van der Waals surface area contributed by atoms with Gasteiger partial charge in [0.05, 0.1) is 12.7 Å². The first-order chi connectivity index (χ1) is 12.1. The van der Waals surface area contributed by atoms with Crippen LogP contribution in [0.1, 0.15) is 47.2 Å². The summed E-state index contributed by atoms with van der Waals surface area (Å²) in [6.07, 6.45) is 8.45. The predicted molar refractivity (Wildman–Crippen MR) is 95.2 cm³/mol. The molecule has 1 heterocycles. The van der Waals surface area contributed by atoms with Gasteiger partial charge in [0.25, 0.3) is 0 Å². The van der Waals surface area contributed by atoms with Gasteiger partial charge in [-0.15, -0.1) is 0 Å². The molecular weight excluding hydrogens is 318 g/mol. The Hall–Kier alpha value is -2.95. The van der Waals surface area contributed by atoms with Crippen LogP contribution in [0, 0.1) is 0 Å². The summed E-state index contributed by atoms with van der Waals surface area (Å²) in [5.41, 5.74) is 3.17. The molecule has 2 rings (SSSR count). The molecule has 1 aromatic heterocycles. The van der Waals surface area contributed by atoms with E-state index in [9.17, 15) is 9.59 Å². The summed E-state index contributed by atoms with van der Waals surface area (Å²) in [5.74, 6) is -1.14. The molecule has 0 radical (unpaired) electrons. The van der Waals surface area contributed by atoms with Crippen molar-refractivity contribution in [3.05, 3.63) is 71.6 Å². The number of hydrogen-bond acceptors (Lipinski definition) is 4. The Morgan fingerprint density at radius 3 is 2.40 bits per heavy atom. The largest absolute Gasteiger partial charge is 0.478 e. The standard InChI is InChI=1S/C20H21NO4/c1-25-19(22)8-4-2-3-7-18(17-6-5-13-21-14-17)15-9-11-16(12-10-15)20(23)24/h5-7,9-14H,2-4,8H2,1H3,(H,23,24). The molecule has 0 unspecified atom stereocenters. The molecule has 0 aliphatic carbocycles. The molecule has 0 atom stereocenters. The summed E-state index contributed by atoms with van der Waals surface area (Å²) in [5, 5.41) is 9.03. The number of carbonyl (C=O) groups excluding carboxylic acids is 1. The van der Waals surface area contributed by atoms with Gasteiger partial charge in [-0.05, 0) is 48.6 Å². The van der Waals surface area contributed by atoms with Crippen LogP contribution in [0.4, 0.5) is 0 Å². The lowest BCUT2D eigenvalue weighted by atomic mass is 9.96. The number of carboxylic acids is 1. The van der Waals surface area contributed by atoms with Gasteiger partial charge < -0.3 is 9.84 Å². The molecule has 1 N–H and O–H groups in total. The fourth-order valence-corrected chi connectivity index (χ4v) is 2.48. The van der Waals surface area contributed by atoms with E-state index in [0.717, 1.165) is 36.0 Å². The van der Waals surface area contributed by atoms with Gasteiger partial charge in [-0.2, -0.15) is 0 Å². The van der Waals surface area contributed by atoms with Crippen LogP contribution in [0.2, 0.25) is 0 Å². The van der Waals surface area contributed by atoms with Crippen molar-refractivity contribution >= 4 is 17.5 Å². The monoisotopic (exact) mass is 339 g/mol. The topological polar surface area (TPSA) is 76.5 Å². The SMILES string of the molecule is COC(=O)CCCCC=C(c1ccc(C(=O)O)cc1)c1cccnc1. The van der Waals surface area contributed by atoms with Gasteiger partial charge >= 0.3 is 11.9 Å². The summed E-state index contributed by atoms with van der Waals surface area (Å²) in [4.78, 5) is 26.3. The predicted octanol–water partition coefficient (Wildman–Crippen LogP) is 3.94. The van der Waals surface area contributed by atoms with E-state index < -0.39 is 5.97 Å². The normalized spacial score (nSPS) is 11.2. The molecule has 0 spiro atoms. The number of benzene rings is 1. The number of unbranched alkanes of at least 4 members (excludes halogenated alkanes) is 2. The van der Waals surface area contributed by atoms with Crippen molar-refractivity contribution in [3.8, 4) is 0 Å². The molecule has 0 aliphatic rings. The van der Waals surface area contributed by atoms with Crippen LogP contribution in [0.3, 0.4) is 0 Å². The van der Waals surface area contributed by atoms with Gasteiger partial charge in [-0.25, -0.2) is 4.79 Å². The summed E-state index contributed by atoms with van der Waals surface area (Å²) >= 11 is 0. The number of aromatic nitrogens is 1. The number of allylic oxidation sites excluding steroid dienone is 1. The van der Waals surface area contributed by atoms with E-state index in [1.807, 2.05) is 12.1 Å². The third-order valence-electron chi connectivity index (χ3n) is 3.83. The lowest BCUT2D eigenvalue weighted by molar-refractivity contribution is -0.140. The molecule has 130 valence electrons. The maximum Gasteiger partial charge on any atom is 0.335 e. The molecule has 25 heavy (non-hydrogen) atoms. The molecule has 0 aliphatic heterocycles. The average molecular weight is 339 g/mol. The minimum Gasteiger partial charge on any atom is -0.478 e. The van der Waals surface area contributed by atoms with Crippen LogP contribution < -0.4 is 0 Å². The van der Waals surface area contributed by atoms with Crippen LogP contribution in [0.25, 0.3) is 5.57 Å². The Morgan fingerprint density at radius 2 is 1.80 bits per heavy atom. The third-order valence-corrected chi connectivity index (χ3v) is 3.83. The van der Waals surface area contributed by atoms with Crippen molar-refractivity contribution in [3.63, 3.8) is 0 Å². The van der Waals surface area contributed by atoms with Crippen molar-refractivity contribution < 1.29 is 19.4 Å². The van der Waals surface area contributed by atoms with E-state index in [-0.39, 0.29) is 11.5 Å². The zero-order valence-corrected chi connectivity index (χ0v) is 14.1. The number of carbonyl (C=O) groups is 2. The number of esters is 1. The van der Waals surface area contributed by atoms with Crippen molar-refractivity contribution in [2.75, 3.05) is 7.11 Å². The first kappa shape index (κ1) is 18.4. The highest BCUT2D eigenvalue weighted by molar-refractivity contribution is 5.88. The summed E-state index contributed by atoms with van der Waals surface area (Å²) in [7, 11) is 1.39. The van der Waals surface area contributed by atoms with E-state index in [2.05, 4.69) is 15.8 Å². The molecule has 0 fully saturated rings. The summed E-state index contributed by atoms with van der Waals surface area (Å²) < 4.78 is 4.64. The molecule has 0 saturated heterocycles. The highest BCUT2D eigenvalue weighted by atomic mass is 16.5. The first-order valence-corrected chi connectivity index (χ1v) is 8.13. The smallest absolute Gasteiger partial charge is 0.335 e. The van der Waals surface area contributed by atoms with Crippen molar-refractivity contribution in [1.29, 1.82) is 0 Å². The Morgan fingerprint density at radius 1 is 1.08 bits per heavy atom. The Kier molecular flexibility index (Phi) is 6.89. The summed E-state index contributed by atoms with van der Waals surface area (Å²) in [6, 6.07) is 10.6. The molecule has 5 nitrogen and oxygen atoms in total. The van der Waals surface area contributed by atoms with Crippen molar-refractivity contribution in [2.24, 2.45) is 0 Å². The molecule has 1 aromatic carbocycles. The average Bonchev–Trinajstić information content (AvgIpc) is 2.65. The molecule has 0 amide bonds. The Balaban J connectivity index is 2.15. The van der Waals surface area contributed by atoms with E-state index in [1.165, 1.54) is 7.11 Å². The minimum atomic E-state index is -0.943. The van der Waals surface area contributed by atoms with Crippen molar-refractivity contribution in [1.82, 2.24) is 4.98 Å². The molecule has 5 heteroatoms. The Labute approximate surface area is 147 Å². The van der Waals surface area contributed by atoms with Crippen LogP contribution in [-0.4, -0.2) is 29.1 Å². The molecular formula is C20H21NO4. The third kappa shape index (κ3) is 5.57. The maximum atomic E-state index is 11.1. The second-order valence-corrected chi connectivity index (χ2v) is 5.56. The number of ether oxygens (including phenoxy) is 1. The van der Waals surface area contributed by atoms with Crippen LogP contribution >= 0.6 is 0 Å². The fourth-order valence-electron chi connectivity index (χ4n) is 2.48. The van der Waals surface area contributed by atoms with Gasteiger partial charge in [0.15, 0.2) is 0 Å². The van der Waals surface area contributed by atoms with Gasteiger partial charge in [-0.1, -0.05) is 24.3 Å². The highest BCUT2D eigenvalue weighted by Crippen LogP contribution is 2.24. The lowest BCUT2D eigenvalue weighted by Crippen LogP contribution is -1.99. The van der Waals surface area contributed by atoms with Gasteiger partial charge in [0.2, 0.25) is 0 Å². The van der Waals surface area contributed by atoms with Crippen LogP contribution in [0.5, 0.6) is 0 Å². The highest BCUT2D eigenvalue weighted by Gasteiger charge is 2.08. The zero-order valence-electron chi connectivity index (χ0n) is 14.1. The molecule has 0 bridgehead atoms. The van der Waals surface area contributed by atoms with E-state index in [4.69, 9.17) is 5.11 Å². The number of rotatable bonds is 8. The van der Waals surface area contributed by atoms with E-state index in [0.29, 0.717) is 6.42 Å². The zero-order chi connectivity index (χ0) is 18.1. The minimum absolute atomic E-state index is 0.194. The second kappa shape index (κ2) is 9.37. The number of hydrogen-bond donors (Lipinski definition) is 1. The lowest BCUT2D eigenvalue weighted by Gasteiger charge is -2.09. The van der Waals surface area contributed by atoms with Crippen LogP contribution in [0.15, 0.2) is 54.9 Å². The number of carboxylic acid groups (broad SMARTS) is 1. The maximum absolute atomic E-state index is 11.1. The van der Waals surface area contributed by atoms with Gasteiger partial charge in [0.1, 0.15) is 0 Å². The summed E-state index contributed by atoms with van der Waals surface area (Å²) in [6.45, 7) is 0. The molecule has 0 saturated carbocycles. The van der Waals surface area contributed by atoms with Crippen LogP contribution in [-0.2, 0) is 9.53 Å². The number of pyridine rings is 1. The van der Waals surface area contributed by atoms with Gasteiger partial charge in [-0.3, -0.25) is 9.78 Å². The quantitative estimate of drug-likeness (QED) is 0.582. The number of aromatic carboxylic acids is 1. The van der Waals surface area contributed by atoms with Crippen molar-refractivity contribution in [2.45, 2.75) is 25.7 Å². The fraction of sp³-hybridized carbons (Fsp3) is 0.250.